The minimum absolute atomic E-state index is 0.00576. The zero-order valence-corrected chi connectivity index (χ0v) is 12.1. The Morgan fingerprint density at radius 1 is 1.36 bits per heavy atom. The van der Waals surface area contributed by atoms with Crippen LogP contribution in [0.3, 0.4) is 0 Å². The molecular weight excluding hydrogens is 288 g/mol. The van der Waals surface area contributed by atoms with Crippen molar-refractivity contribution < 1.29 is 19.2 Å². The smallest absolute Gasteiger partial charge is 0.328 e. The topological polar surface area (TPSA) is 89.8 Å². The number of ether oxygens (including phenoxy) is 1. The lowest BCUT2D eigenvalue weighted by molar-refractivity contribution is -0.384. The maximum absolute atomic E-state index is 12.1. The summed E-state index contributed by atoms with van der Waals surface area (Å²) in [6.45, 7) is 0.517. The molecule has 1 amide bonds. The fourth-order valence-corrected chi connectivity index (χ4v) is 2.38. The van der Waals surface area contributed by atoms with E-state index in [4.69, 9.17) is 4.74 Å². The first-order valence-corrected chi connectivity index (χ1v) is 6.84. The van der Waals surface area contributed by atoms with E-state index in [0.717, 1.165) is 6.42 Å². The van der Waals surface area contributed by atoms with Gasteiger partial charge in [0, 0.05) is 24.8 Å². The van der Waals surface area contributed by atoms with Crippen molar-refractivity contribution in [2.24, 2.45) is 0 Å². The molecule has 1 atom stereocenters. The van der Waals surface area contributed by atoms with Gasteiger partial charge in [-0.25, -0.2) is 4.79 Å². The Kier molecular flexibility index (Phi) is 4.88. The Bertz CT molecular complexity index is 609. The number of nitro benzene ring substituents is 1. The monoisotopic (exact) mass is 304 g/mol. The van der Waals surface area contributed by atoms with Crippen LogP contribution in [0.4, 0.5) is 5.69 Å². The van der Waals surface area contributed by atoms with Crippen molar-refractivity contribution in [1.82, 2.24) is 4.90 Å². The highest BCUT2D eigenvalue weighted by atomic mass is 16.6. The molecule has 116 valence electrons. The quantitative estimate of drug-likeness (QED) is 0.366. The normalized spacial score (nSPS) is 17.7. The number of non-ortho nitro benzene ring substituents is 1. The lowest BCUT2D eigenvalue weighted by Crippen LogP contribution is -2.40. The third-order valence-corrected chi connectivity index (χ3v) is 3.53. The maximum atomic E-state index is 12.1. The minimum Gasteiger partial charge on any atom is -0.467 e. The molecule has 1 aliphatic heterocycles. The van der Waals surface area contributed by atoms with Gasteiger partial charge in [0.05, 0.1) is 12.0 Å². The molecule has 1 heterocycles. The molecule has 0 spiro atoms. The summed E-state index contributed by atoms with van der Waals surface area (Å²) in [4.78, 5) is 35.3. The van der Waals surface area contributed by atoms with E-state index in [2.05, 4.69) is 0 Å². The molecule has 22 heavy (non-hydrogen) atoms. The first-order chi connectivity index (χ1) is 10.5. The molecule has 7 nitrogen and oxygen atoms in total. The van der Waals surface area contributed by atoms with E-state index in [1.807, 2.05) is 0 Å². The molecule has 1 aliphatic rings. The molecule has 1 fully saturated rings. The standard InChI is InChI=1S/C15H16N2O5/c1-22-15(19)13-3-2-10-16(13)14(18)9-6-11-4-7-12(8-5-11)17(20)21/h4-9,13H,2-3,10H2,1H3/b9-6+. The van der Waals surface area contributed by atoms with Crippen molar-refractivity contribution in [1.29, 1.82) is 0 Å². The molecule has 0 radical (unpaired) electrons. The van der Waals surface area contributed by atoms with E-state index in [1.54, 1.807) is 18.2 Å². The van der Waals surface area contributed by atoms with Gasteiger partial charge in [0.2, 0.25) is 5.91 Å². The van der Waals surface area contributed by atoms with E-state index in [1.165, 1.54) is 30.2 Å². The lowest BCUT2D eigenvalue weighted by Gasteiger charge is -2.20. The second kappa shape index (κ2) is 6.84. The highest BCUT2D eigenvalue weighted by molar-refractivity contribution is 5.95. The van der Waals surface area contributed by atoms with Crippen LogP contribution >= 0.6 is 0 Å². The van der Waals surface area contributed by atoms with Gasteiger partial charge in [0.15, 0.2) is 0 Å². The largest absolute Gasteiger partial charge is 0.467 e. The van der Waals surface area contributed by atoms with Crippen LogP contribution in [0.2, 0.25) is 0 Å². The highest BCUT2D eigenvalue weighted by Crippen LogP contribution is 2.19. The number of methoxy groups -OCH3 is 1. The summed E-state index contributed by atoms with van der Waals surface area (Å²) in [5, 5.41) is 10.6. The van der Waals surface area contributed by atoms with Gasteiger partial charge >= 0.3 is 5.97 Å². The zero-order chi connectivity index (χ0) is 16.1. The molecular formula is C15H16N2O5. The van der Waals surface area contributed by atoms with Crippen molar-refractivity contribution in [3.05, 3.63) is 46.0 Å². The van der Waals surface area contributed by atoms with Gasteiger partial charge < -0.3 is 9.64 Å². The molecule has 0 saturated carbocycles. The van der Waals surface area contributed by atoms with Crippen molar-refractivity contribution in [2.75, 3.05) is 13.7 Å². The fraction of sp³-hybridized carbons (Fsp3) is 0.333. The first kappa shape index (κ1) is 15.7. The SMILES string of the molecule is COC(=O)C1CCCN1C(=O)/C=C/c1ccc([N+](=O)[O-])cc1. The fourth-order valence-electron chi connectivity index (χ4n) is 2.38. The summed E-state index contributed by atoms with van der Waals surface area (Å²) in [7, 11) is 1.30. The minimum atomic E-state index is -0.529. The lowest BCUT2D eigenvalue weighted by atomic mass is 10.2. The Morgan fingerprint density at radius 3 is 2.64 bits per heavy atom. The number of esters is 1. The Labute approximate surface area is 127 Å². The number of amides is 1. The first-order valence-electron chi connectivity index (χ1n) is 6.84. The number of hydrogen-bond donors (Lipinski definition) is 0. The molecule has 2 rings (SSSR count). The van der Waals surface area contributed by atoms with Gasteiger partial charge in [-0.2, -0.15) is 0 Å². The van der Waals surface area contributed by atoms with Crippen LogP contribution in [0.15, 0.2) is 30.3 Å². The van der Waals surface area contributed by atoms with Gasteiger partial charge in [-0.05, 0) is 36.6 Å². The second-order valence-corrected chi connectivity index (χ2v) is 4.89. The van der Waals surface area contributed by atoms with E-state index in [-0.39, 0.29) is 11.6 Å². The van der Waals surface area contributed by atoms with Crippen LogP contribution in [-0.4, -0.2) is 41.4 Å². The van der Waals surface area contributed by atoms with Gasteiger partial charge in [-0.15, -0.1) is 0 Å². The molecule has 1 unspecified atom stereocenters. The van der Waals surface area contributed by atoms with E-state index in [0.29, 0.717) is 18.5 Å². The number of carbonyl (C=O) groups excluding carboxylic acids is 2. The van der Waals surface area contributed by atoms with E-state index >= 15 is 0 Å². The van der Waals surface area contributed by atoms with Crippen LogP contribution in [-0.2, 0) is 14.3 Å². The molecule has 7 heteroatoms. The predicted molar refractivity (Wildman–Crippen MR) is 78.9 cm³/mol. The van der Waals surface area contributed by atoms with E-state index < -0.39 is 16.9 Å². The van der Waals surface area contributed by atoms with Gasteiger partial charge in [-0.1, -0.05) is 0 Å². The Balaban J connectivity index is 2.04. The van der Waals surface area contributed by atoms with Gasteiger partial charge in [0.1, 0.15) is 6.04 Å². The second-order valence-electron chi connectivity index (χ2n) is 4.89. The Morgan fingerprint density at radius 2 is 2.05 bits per heavy atom. The summed E-state index contributed by atoms with van der Waals surface area (Å²) < 4.78 is 4.69. The van der Waals surface area contributed by atoms with E-state index in [9.17, 15) is 19.7 Å². The molecule has 0 N–H and O–H groups in total. The molecule has 1 aromatic carbocycles. The van der Waals surface area contributed by atoms with Crippen LogP contribution < -0.4 is 0 Å². The van der Waals surface area contributed by atoms with Crippen LogP contribution in [0.1, 0.15) is 18.4 Å². The number of benzene rings is 1. The van der Waals surface area contributed by atoms with Crippen molar-refractivity contribution in [2.45, 2.75) is 18.9 Å². The predicted octanol–water partition coefficient (Wildman–Crippen LogP) is 1.77. The number of likely N-dealkylation sites (tertiary alicyclic amines) is 1. The van der Waals surface area contributed by atoms with Gasteiger partial charge in [-0.3, -0.25) is 14.9 Å². The third-order valence-electron chi connectivity index (χ3n) is 3.53. The number of rotatable bonds is 4. The summed E-state index contributed by atoms with van der Waals surface area (Å²) in [5.74, 6) is -0.680. The average Bonchev–Trinajstić information content (AvgIpc) is 3.01. The number of hydrogen-bond acceptors (Lipinski definition) is 5. The molecule has 0 aromatic heterocycles. The summed E-state index contributed by atoms with van der Waals surface area (Å²) in [6, 6.07) is 5.33. The third kappa shape index (κ3) is 3.49. The van der Waals surface area contributed by atoms with Crippen molar-refractivity contribution >= 4 is 23.6 Å². The zero-order valence-electron chi connectivity index (χ0n) is 12.1. The molecule has 1 aromatic rings. The van der Waals surface area contributed by atoms with Gasteiger partial charge in [0.25, 0.3) is 5.69 Å². The van der Waals surface area contributed by atoms with Crippen molar-refractivity contribution in [3.8, 4) is 0 Å². The highest BCUT2D eigenvalue weighted by Gasteiger charge is 2.33. The Hall–Kier alpha value is -2.70. The molecule has 1 saturated heterocycles. The molecule has 0 aliphatic carbocycles. The average molecular weight is 304 g/mol. The van der Waals surface area contributed by atoms with Crippen molar-refractivity contribution in [3.63, 3.8) is 0 Å². The summed E-state index contributed by atoms with van der Waals surface area (Å²) in [6.07, 6.45) is 4.29. The van der Waals surface area contributed by atoms with Crippen LogP contribution in [0.5, 0.6) is 0 Å². The maximum Gasteiger partial charge on any atom is 0.328 e. The number of carbonyl (C=O) groups is 2. The number of nitro groups is 1. The summed E-state index contributed by atoms with van der Waals surface area (Å²) in [5.41, 5.74) is 0.668. The van der Waals surface area contributed by atoms with Crippen LogP contribution in [0.25, 0.3) is 6.08 Å². The number of nitrogens with zero attached hydrogens (tertiary/aromatic N) is 2. The van der Waals surface area contributed by atoms with Crippen LogP contribution in [0, 0.1) is 10.1 Å². The summed E-state index contributed by atoms with van der Waals surface area (Å²) >= 11 is 0. The molecule has 0 bridgehead atoms.